The number of carbonyl (C=O) groups is 2. The molecule has 19 heavy (non-hydrogen) atoms. The summed E-state index contributed by atoms with van der Waals surface area (Å²) in [4.78, 5) is 26.7. The van der Waals surface area contributed by atoms with Gasteiger partial charge in [-0.15, -0.1) is 0 Å². The molecule has 0 aromatic carbocycles. The fourth-order valence-corrected chi connectivity index (χ4v) is 2.79. The van der Waals surface area contributed by atoms with Gasteiger partial charge in [-0.05, 0) is 46.2 Å². The Kier molecular flexibility index (Phi) is 6.84. The highest BCUT2D eigenvalue weighted by molar-refractivity contribution is 5.76. The number of nitrogens with zero attached hydrogens (tertiary/aromatic N) is 2. The summed E-state index contributed by atoms with van der Waals surface area (Å²) >= 11 is 0. The number of rotatable bonds is 8. The summed E-state index contributed by atoms with van der Waals surface area (Å²) in [7, 11) is 0. The number of carbonyl (C=O) groups excluding carboxylic acids is 1. The highest BCUT2D eigenvalue weighted by Crippen LogP contribution is 2.20. The molecule has 0 saturated carbocycles. The van der Waals surface area contributed by atoms with E-state index in [1.54, 1.807) is 0 Å². The van der Waals surface area contributed by atoms with Crippen molar-refractivity contribution in [3.05, 3.63) is 0 Å². The highest BCUT2D eigenvalue weighted by Gasteiger charge is 2.26. The molecular formula is C14H26N2O3. The SMILES string of the molecule is CCN(CC)C(=O)CCCN1CCCC1CC(=O)O. The third-order valence-electron chi connectivity index (χ3n) is 3.86. The molecule has 5 heteroatoms. The molecule has 0 aromatic rings. The van der Waals surface area contributed by atoms with Crippen LogP contribution in [-0.2, 0) is 9.59 Å². The Hall–Kier alpha value is -1.10. The summed E-state index contributed by atoms with van der Waals surface area (Å²) in [6.45, 7) is 7.32. The van der Waals surface area contributed by atoms with Crippen LogP contribution in [0.4, 0.5) is 0 Å². The maximum Gasteiger partial charge on any atom is 0.304 e. The third-order valence-corrected chi connectivity index (χ3v) is 3.86. The van der Waals surface area contributed by atoms with Gasteiger partial charge in [0.2, 0.25) is 5.91 Å². The van der Waals surface area contributed by atoms with Crippen LogP contribution in [0.2, 0.25) is 0 Å². The molecule has 1 aliphatic rings. The standard InChI is InChI=1S/C14H26N2O3/c1-3-15(4-2)13(17)8-6-10-16-9-5-7-12(16)11-14(18)19/h12H,3-11H2,1-2H3,(H,18,19). The van der Waals surface area contributed by atoms with Crippen molar-refractivity contribution in [1.29, 1.82) is 0 Å². The van der Waals surface area contributed by atoms with E-state index in [2.05, 4.69) is 4.90 Å². The first-order valence-corrected chi connectivity index (χ1v) is 7.32. The van der Waals surface area contributed by atoms with E-state index in [0.29, 0.717) is 6.42 Å². The van der Waals surface area contributed by atoms with Gasteiger partial charge < -0.3 is 10.0 Å². The first-order chi connectivity index (χ1) is 9.08. The molecule has 0 spiro atoms. The van der Waals surface area contributed by atoms with E-state index >= 15 is 0 Å². The summed E-state index contributed by atoms with van der Waals surface area (Å²) in [5.41, 5.74) is 0. The predicted molar refractivity (Wildman–Crippen MR) is 74.0 cm³/mol. The van der Waals surface area contributed by atoms with Gasteiger partial charge in [0.1, 0.15) is 0 Å². The molecule has 1 heterocycles. The summed E-state index contributed by atoms with van der Waals surface area (Å²) in [6, 6.07) is 0.168. The number of amides is 1. The summed E-state index contributed by atoms with van der Waals surface area (Å²) < 4.78 is 0. The second kappa shape index (κ2) is 8.15. The molecule has 0 aromatic heterocycles. The van der Waals surface area contributed by atoms with Gasteiger partial charge in [0.25, 0.3) is 0 Å². The minimum absolute atomic E-state index is 0.168. The van der Waals surface area contributed by atoms with Crippen molar-refractivity contribution in [1.82, 2.24) is 9.80 Å². The molecule has 1 aliphatic heterocycles. The molecule has 1 rings (SSSR count). The maximum atomic E-state index is 11.9. The largest absolute Gasteiger partial charge is 0.481 e. The first-order valence-electron chi connectivity index (χ1n) is 7.32. The number of aliphatic carboxylic acids is 1. The molecule has 1 N–H and O–H groups in total. The fourth-order valence-electron chi connectivity index (χ4n) is 2.79. The number of likely N-dealkylation sites (tertiary alicyclic amines) is 1. The number of hydrogen-bond donors (Lipinski definition) is 1. The molecule has 1 fully saturated rings. The van der Waals surface area contributed by atoms with Crippen molar-refractivity contribution in [2.45, 2.75) is 52.0 Å². The van der Waals surface area contributed by atoms with Gasteiger partial charge in [-0.1, -0.05) is 0 Å². The number of carboxylic acids is 1. The molecule has 1 atom stereocenters. The quantitative estimate of drug-likeness (QED) is 0.727. The van der Waals surface area contributed by atoms with E-state index in [0.717, 1.165) is 45.4 Å². The lowest BCUT2D eigenvalue weighted by molar-refractivity contribution is -0.138. The second-order valence-electron chi connectivity index (χ2n) is 5.10. The predicted octanol–water partition coefficient (Wildman–Crippen LogP) is 1.57. The molecule has 0 radical (unpaired) electrons. The molecule has 1 unspecified atom stereocenters. The van der Waals surface area contributed by atoms with E-state index in [1.165, 1.54) is 0 Å². The molecular weight excluding hydrogens is 244 g/mol. The minimum atomic E-state index is -0.726. The van der Waals surface area contributed by atoms with Crippen LogP contribution in [0.3, 0.4) is 0 Å². The summed E-state index contributed by atoms with van der Waals surface area (Å²) in [5.74, 6) is -0.518. The van der Waals surface area contributed by atoms with E-state index in [1.807, 2.05) is 18.7 Å². The zero-order valence-corrected chi connectivity index (χ0v) is 12.1. The lowest BCUT2D eigenvalue weighted by atomic mass is 10.1. The Labute approximate surface area is 115 Å². The number of hydrogen-bond acceptors (Lipinski definition) is 3. The van der Waals surface area contributed by atoms with Gasteiger partial charge in [-0.2, -0.15) is 0 Å². The van der Waals surface area contributed by atoms with E-state index in [9.17, 15) is 9.59 Å². The van der Waals surface area contributed by atoms with Gasteiger partial charge in [0.15, 0.2) is 0 Å². The van der Waals surface area contributed by atoms with Crippen LogP contribution < -0.4 is 0 Å². The van der Waals surface area contributed by atoms with Crippen LogP contribution >= 0.6 is 0 Å². The van der Waals surface area contributed by atoms with Gasteiger partial charge >= 0.3 is 5.97 Å². The summed E-state index contributed by atoms with van der Waals surface area (Å²) in [6.07, 6.45) is 3.66. The second-order valence-corrected chi connectivity index (χ2v) is 5.10. The Balaban J connectivity index is 2.28. The topological polar surface area (TPSA) is 60.9 Å². The monoisotopic (exact) mass is 270 g/mol. The van der Waals surface area contributed by atoms with E-state index in [-0.39, 0.29) is 18.4 Å². The van der Waals surface area contributed by atoms with Gasteiger partial charge in [0, 0.05) is 25.6 Å². The Bertz CT molecular complexity index is 303. The average Bonchev–Trinajstić information content (AvgIpc) is 2.77. The highest BCUT2D eigenvalue weighted by atomic mass is 16.4. The molecule has 0 bridgehead atoms. The molecule has 1 saturated heterocycles. The van der Waals surface area contributed by atoms with E-state index < -0.39 is 5.97 Å². The van der Waals surface area contributed by atoms with Crippen LogP contribution in [0.25, 0.3) is 0 Å². The smallest absolute Gasteiger partial charge is 0.304 e. The molecule has 110 valence electrons. The van der Waals surface area contributed by atoms with Crippen LogP contribution in [0.1, 0.15) is 46.0 Å². The lowest BCUT2D eigenvalue weighted by Crippen LogP contribution is -2.34. The minimum Gasteiger partial charge on any atom is -0.481 e. The molecule has 0 aliphatic carbocycles. The Morgan fingerprint density at radius 1 is 1.32 bits per heavy atom. The van der Waals surface area contributed by atoms with Crippen LogP contribution in [0.15, 0.2) is 0 Å². The maximum absolute atomic E-state index is 11.9. The van der Waals surface area contributed by atoms with E-state index in [4.69, 9.17) is 5.11 Å². The molecule has 1 amide bonds. The van der Waals surface area contributed by atoms with Crippen LogP contribution in [0.5, 0.6) is 0 Å². The van der Waals surface area contributed by atoms with Crippen molar-refractivity contribution in [2.75, 3.05) is 26.2 Å². The normalized spacial score (nSPS) is 19.6. The average molecular weight is 270 g/mol. The van der Waals surface area contributed by atoms with Crippen molar-refractivity contribution >= 4 is 11.9 Å². The summed E-state index contributed by atoms with van der Waals surface area (Å²) in [5, 5.41) is 8.85. The van der Waals surface area contributed by atoms with Crippen molar-refractivity contribution in [2.24, 2.45) is 0 Å². The zero-order chi connectivity index (χ0) is 14.3. The van der Waals surface area contributed by atoms with Crippen molar-refractivity contribution in [3.63, 3.8) is 0 Å². The van der Waals surface area contributed by atoms with Crippen molar-refractivity contribution < 1.29 is 14.7 Å². The van der Waals surface area contributed by atoms with Gasteiger partial charge in [0.05, 0.1) is 6.42 Å². The van der Waals surface area contributed by atoms with Gasteiger partial charge in [-0.25, -0.2) is 0 Å². The first kappa shape index (κ1) is 16.0. The fraction of sp³-hybridized carbons (Fsp3) is 0.857. The lowest BCUT2D eigenvalue weighted by Gasteiger charge is -2.24. The Morgan fingerprint density at radius 3 is 2.58 bits per heavy atom. The molecule has 5 nitrogen and oxygen atoms in total. The third kappa shape index (κ3) is 5.19. The Morgan fingerprint density at radius 2 is 2.00 bits per heavy atom. The van der Waals surface area contributed by atoms with Gasteiger partial charge in [-0.3, -0.25) is 14.5 Å². The zero-order valence-electron chi connectivity index (χ0n) is 12.1. The number of carboxylic acid groups (broad SMARTS) is 1. The van der Waals surface area contributed by atoms with Crippen molar-refractivity contribution in [3.8, 4) is 0 Å². The van der Waals surface area contributed by atoms with Crippen LogP contribution in [0, 0.1) is 0 Å². The van der Waals surface area contributed by atoms with Crippen LogP contribution in [-0.4, -0.2) is 59.0 Å².